The Morgan fingerprint density at radius 3 is 2.12 bits per heavy atom. The average molecular weight is 591 g/mol. The van der Waals surface area contributed by atoms with Crippen LogP contribution in [0.25, 0.3) is 10.9 Å². The van der Waals surface area contributed by atoms with Crippen LogP contribution in [-0.2, 0) is 26.5 Å². The fourth-order valence-electron chi connectivity index (χ4n) is 5.89. The normalized spacial score (nSPS) is 18.1. The highest BCUT2D eigenvalue weighted by atomic mass is 32.2. The minimum Gasteiger partial charge on any atom is -0.241 e. The Balaban J connectivity index is 1.50. The van der Waals surface area contributed by atoms with Crippen LogP contribution < -0.4 is 0 Å². The first-order valence-corrected chi connectivity index (χ1v) is 17.1. The van der Waals surface area contributed by atoms with Crippen LogP contribution in [-0.4, -0.2) is 38.2 Å². The van der Waals surface area contributed by atoms with Gasteiger partial charge in [0.1, 0.15) is 0 Å². The maximum atomic E-state index is 14.0. The summed E-state index contributed by atoms with van der Waals surface area (Å²) in [7, 11) is -7.60. The third-order valence-electron chi connectivity index (χ3n) is 8.34. The standard InChI is InChI=1S/C33H38N2O4S2/c1-4-27-9-5-6-10-28(27)23-34(40(36,37)30-17-13-25(2)14-18-30)22-21-29-24-35(33-12-8-7-11-32(29)33)41(38,39)31-19-15-26(3)16-20-31/h4,7-8,11-20,24,27-28H,1,5-6,9-10,21-23H2,2-3H3/t27-,28+/m1/s1. The zero-order valence-electron chi connectivity index (χ0n) is 23.7. The molecular weight excluding hydrogens is 553 g/mol. The number of benzene rings is 3. The molecule has 0 radical (unpaired) electrons. The molecule has 1 heterocycles. The lowest BCUT2D eigenvalue weighted by Gasteiger charge is -2.33. The lowest BCUT2D eigenvalue weighted by Crippen LogP contribution is -2.39. The summed E-state index contributed by atoms with van der Waals surface area (Å²) >= 11 is 0. The number of nitrogens with zero attached hydrogens (tertiary/aromatic N) is 2. The Morgan fingerprint density at radius 1 is 0.854 bits per heavy atom. The van der Waals surface area contributed by atoms with Crippen LogP contribution in [0.2, 0.25) is 0 Å². The molecule has 0 spiro atoms. The number of sulfonamides is 1. The molecule has 3 aromatic carbocycles. The fourth-order valence-corrected chi connectivity index (χ4v) is 8.78. The van der Waals surface area contributed by atoms with Crippen LogP contribution in [0.15, 0.2) is 101 Å². The summed E-state index contributed by atoms with van der Waals surface area (Å²) in [4.78, 5) is 0.491. The van der Waals surface area contributed by atoms with Gasteiger partial charge >= 0.3 is 0 Å². The third-order valence-corrected chi connectivity index (χ3v) is 11.9. The summed E-state index contributed by atoms with van der Waals surface area (Å²) in [5.41, 5.74) is 3.35. The third kappa shape index (κ3) is 6.05. The van der Waals surface area contributed by atoms with Gasteiger partial charge in [-0.1, -0.05) is 72.5 Å². The molecule has 41 heavy (non-hydrogen) atoms. The number of allylic oxidation sites excluding steroid dienone is 1. The zero-order chi connectivity index (χ0) is 29.2. The highest BCUT2D eigenvalue weighted by Gasteiger charge is 2.31. The maximum Gasteiger partial charge on any atom is 0.268 e. The molecule has 0 saturated heterocycles. The molecule has 2 atom stereocenters. The van der Waals surface area contributed by atoms with Crippen molar-refractivity contribution in [1.82, 2.24) is 8.28 Å². The quantitative estimate of drug-likeness (QED) is 0.192. The van der Waals surface area contributed by atoms with Crippen molar-refractivity contribution < 1.29 is 16.8 Å². The van der Waals surface area contributed by atoms with Crippen LogP contribution in [0.4, 0.5) is 0 Å². The van der Waals surface area contributed by atoms with Crippen LogP contribution >= 0.6 is 0 Å². The molecule has 1 saturated carbocycles. The van der Waals surface area contributed by atoms with Gasteiger partial charge in [0.15, 0.2) is 0 Å². The van der Waals surface area contributed by atoms with E-state index in [0.29, 0.717) is 18.5 Å². The molecule has 0 amide bonds. The number of aromatic nitrogens is 1. The van der Waals surface area contributed by atoms with E-state index >= 15 is 0 Å². The minimum absolute atomic E-state index is 0.199. The van der Waals surface area contributed by atoms with Gasteiger partial charge in [-0.3, -0.25) is 0 Å². The molecule has 1 aliphatic rings. The van der Waals surface area contributed by atoms with Crippen molar-refractivity contribution in [3.8, 4) is 0 Å². The first kappa shape index (κ1) is 29.3. The van der Waals surface area contributed by atoms with E-state index in [-0.39, 0.29) is 28.2 Å². The second kappa shape index (κ2) is 12.0. The Kier molecular flexibility index (Phi) is 8.55. The van der Waals surface area contributed by atoms with Crippen molar-refractivity contribution in [2.45, 2.75) is 55.7 Å². The highest BCUT2D eigenvalue weighted by Crippen LogP contribution is 2.33. The summed E-state index contributed by atoms with van der Waals surface area (Å²) in [6.07, 6.45) is 8.22. The van der Waals surface area contributed by atoms with Gasteiger partial charge in [-0.05, 0) is 80.8 Å². The van der Waals surface area contributed by atoms with E-state index < -0.39 is 20.0 Å². The molecule has 8 heteroatoms. The topological polar surface area (TPSA) is 76.5 Å². The monoisotopic (exact) mass is 590 g/mol. The van der Waals surface area contributed by atoms with Gasteiger partial charge in [0, 0.05) is 24.7 Å². The molecule has 4 aromatic rings. The lowest BCUT2D eigenvalue weighted by molar-refractivity contribution is 0.231. The molecule has 5 rings (SSSR count). The van der Waals surface area contributed by atoms with Gasteiger partial charge in [0.25, 0.3) is 10.0 Å². The fraction of sp³-hybridized carbons (Fsp3) is 0.333. The van der Waals surface area contributed by atoms with Gasteiger partial charge in [-0.15, -0.1) is 6.58 Å². The summed E-state index contributed by atoms with van der Waals surface area (Å²) in [5, 5.41) is 0.803. The van der Waals surface area contributed by atoms with E-state index in [1.807, 2.05) is 50.3 Å². The molecule has 1 aliphatic carbocycles. The Bertz CT molecular complexity index is 1740. The Labute approximate surface area is 244 Å². The van der Waals surface area contributed by atoms with Crippen molar-refractivity contribution >= 4 is 30.9 Å². The second-order valence-corrected chi connectivity index (χ2v) is 14.9. The van der Waals surface area contributed by atoms with E-state index in [9.17, 15) is 16.8 Å². The van der Waals surface area contributed by atoms with Crippen molar-refractivity contribution in [1.29, 1.82) is 0 Å². The summed E-state index contributed by atoms with van der Waals surface area (Å²) in [6, 6.07) is 21.2. The largest absolute Gasteiger partial charge is 0.268 e. The van der Waals surface area contributed by atoms with Crippen LogP contribution in [0.5, 0.6) is 0 Å². The predicted molar refractivity (Wildman–Crippen MR) is 165 cm³/mol. The van der Waals surface area contributed by atoms with Crippen LogP contribution in [0.3, 0.4) is 0 Å². The Morgan fingerprint density at radius 2 is 1.46 bits per heavy atom. The van der Waals surface area contributed by atoms with Crippen molar-refractivity contribution in [2.75, 3.05) is 13.1 Å². The van der Waals surface area contributed by atoms with Crippen molar-refractivity contribution in [3.63, 3.8) is 0 Å². The number of hydrogen-bond donors (Lipinski definition) is 0. The zero-order valence-corrected chi connectivity index (χ0v) is 25.4. The molecule has 1 fully saturated rings. The smallest absolute Gasteiger partial charge is 0.241 e. The number of fused-ring (bicyclic) bond motifs is 1. The lowest BCUT2D eigenvalue weighted by atomic mass is 9.79. The molecule has 216 valence electrons. The number of hydrogen-bond acceptors (Lipinski definition) is 4. The number of para-hydroxylation sites is 1. The summed E-state index contributed by atoms with van der Waals surface area (Å²) < 4.78 is 58.2. The molecule has 0 unspecified atom stereocenters. The van der Waals surface area contributed by atoms with Crippen LogP contribution in [0.1, 0.15) is 42.4 Å². The van der Waals surface area contributed by atoms with E-state index in [1.165, 1.54) is 3.97 Å². The molecule has 0 aliphatic heterocycles. The van der Waals surface area contributed by atoms with E-state index in [2.05, 4.69) is 6.58 Å². The van der Waals surface area contributed by atoms with Crippen molar-refractivity contribution in [3.05, 3.63) is 108 Å². The van der Waals surface area contributed by atoms with Gasteiger partial charge in [-0.2, -0.15) is 4.31 Å². The van der Waals surface area contributed by atoms with Gasteiger partial charge in [0.2, 0.25) is 10.0 Å². The second-order valence-electron chi connectivity index (χ2n) is 11.2. The first-order chi connectivity index (χ1) is 19.6. The first-order valence-electron chi connectivity index (χ1n) is 14.2. The molecular formula is C33H38N2O4S2. The predicted octanol–water partition coefficient (Wildman–Crippen LogP) is 6.72. The molecule has 0 bridgehead atoms. The number of aryl methyl sites for hydroxylation is 2. The Hall–Kier alpha value is -3.20. The van der Waals surface area contributed by atoms with E-state index in [0.717, 1.165) is 47.8 Å². The SMILES string of the molecule is C=C[C@@H]1CCCC[C@H]1CN(CCc1cn(S(=O)(=O)c2ccc(C)cc2)c2ccccc12)S(=O)(=O)c1ccc(C)cc1. The van der Waals surface area contributed by atoms with E-state index in [4.69, 9.17) is 0 Å². The number of rotatable bonds is 10. The summed E-state index contributed by atoms with van der Waals surface area (Å²) in [5.74, 6) is 0.478. The van der Waals surface area contributed by atoms with Crippen molar-refractivity contribution in [2.24, 2.45) is 11.8 Å². The summed E-state index contributed by atoms with van der Waals surface area (Å²) in [6.45, 7) is 8.54. The van der Waals surface area contributed by atoms with E-state index in [1.54, 1.807) is 53.0 Å². The van der Waals surface area contributed by atoms with Gasteiger partial charge in [-0.25, -0.2) is 20.8 Å². The molecule has 0 N–H and O–H groups in total. The highest BCUT2D eigenvalue weighted by molar-refractivity contribution is 7.90. The maximum absolute atomic E-state index is 14.0. The minimum atomic E-state index is -3.84. The van der Waals surface area contributed by atoms with Crippen LogP contribution in [0, 0.1) is 25.7 Å². The average Bonchev–Trinajstić information content (AvgIpc) is 3.35. The van der Waals surface area contributed by atoms with Gasteiger partial charge < -0.3 is 0 Å². The molecule has 6 nitrogen and oxygen atoms in total. The van der Waals surface area contributed by atoms with Gasteiger partial charge in [0.05, 0.1) is 15.3 Å². The molecule has 1 aromatic heterocycles.